The first-order valence-corrected chi connectivity index (χ1v) is 13.1. The zero-order valence-corrected chi connectivity index (χ0v) is 15.8. The van der Waals surface area contributed by atoms with E-state index in [4.69, 9.17) is 0 Å². The van der Waals surface area contributed by atoms with Gasteiger partial charge in [-0.25, -0.2) is 0 Å². The van der Waals surface area contributed by atoms with E-state index in [1.54, 1.807) is 83.2 Å². The standard InChI is InChI=1S/C19H34P2/c1-15(21-18-8-4-5-9-19(21)13-12-18)14-20-16-6-2-3-7-17(20)11-10-16/h15-19H,2-14H2,1H3. The van der Waals surface area contributed by atoms with E-state index in [1.165, 1.54) is 22.6 Å². The summed E-state index contributed by atoms with van der Waals surface area (Å²) in [4.78, 5) is 0. The van der Waals surface area contributed by atoms with Gasteiger partial charge in [0.05, 0.1) is 0 Å². The van der Waals surface area contributed by atoms with Crippen LogP contribution in [0.25, 0.3) is 0 Å². The van der Waals surface area contributed by atoms with Gasteiger partial charge < -0.3 is 0 Å². The van der Waals surface area contributed by atoms with E-state index in [1.807, 2.05) is 0 Å². The number of hydrogen-bond donors (Lipinski definition) is 0. The maximum absolute atomic E-state index is 2.70. The summed E-state index contributed by atoms with van der Waals surface area (Å²) in [7, 11) is 0.825. The van der Waals surface area contributed by atoms with Gasteiger partial charge in [0.15, 0.2) is 0 Å². The van der Waals surface area contributed by atoms with E-state index in [0.717, 1.165) is 5.66 Å². The van der Waals surface area contributed by atoms with Crippen LogP contribution in [0.2, 0.25) is 0 Å². The van der Waals surface area contributed by atoms with E-state index in [-0.39, 0.29) is 0 Å². The predicted octanol–water partition coefficient (Wildman–Crippen LogP) is 6.55. The lowest BCUT2D eigenvalue weighted by Gasteiger charge is -2.34. The van der Waals surface area contributed by atoms with Crippen LogP contribution < -0.4 is 0 Å². The molecular formula is C19H34P2. The molecule has 0 spiro atoms. The third-order valence-corrected chi connectivity index (χ3v) is 15.2. The molecule has 2 heteroatoms. The summed E-state index contributed by atoms with van der Waals surface area (Å²) in [5.74, 6) is 0. The molecule has 0 nitrogen and oxygen atoms in total. The molecule has 5 unspecified atom stereocenters. The third kappa shape index (κ3) is 3.11. The van der Waals surface area contributed by atoms with Crippen molar-refractivity contribution in [3.63, 3.8) is 0 Å². The zero-order valence-electron chi connectivity index (χ0n) is 14.0. The van der Waals surface area contributed by atoms with Gasteiger partial charge in [0.1, 0.15) is 0 Å². The van der Waals surface area contributed by atoms with Crippen molar-refractivity contribution in [1.82, 2.24) is 0 Å². The molecule has 0 aliphatic carbocycles. The molecule has 0 aromatic rings. The fourth-order valence-electron chi connectivity index (χ4n) is 6.14. The van der Waals surface area contributed by atoms with Gasteiger partial charge in [-0.05, 0) is 85.8 Å². The minimum atomic E-state index is 0.401. The second-order valence-corrected chi connectivity index (χ2v) is 14.4. The van der Waals surface area contributed by atoms with Gasteiger partial charge >= 0.3 is 0 Å². The molecule has 0 amide bonds. The zero-order chi connectivity index (χ0) is 14.2. The molecule has 120 valence electrons. The summed E-state index contributed by atoms with van der Waals surface area (Å²) in [6.07, 6.45) is 20.9. The van der Waals surface area contributed by atoms with Gasteiger partial charge in [0.25, 0.3) is 0 Å². The van der Waals surface area contributed by atoms with E-state index in [9.17, 15) is 0 Å². The Hall–Kier alpha value is 0.860. The number of fused-ring (bicyclic) bond motifs is 4. The smallest absolute Gasteiger partial charge is 0.0193 e. The fraction of sp³-hybridized carbons (Fsp3) is 1.00. The van der Waals surface area contributed by atoms with Crippen molar-refractivity contribution < 1.29 is 0 Å². The third-order valence-electron chi connectivity index (χ3n) is 7.08. The molecule has 4 bridgehead atoms. The number of hydrogen-bond acceptors (Lipinski definition) is 0. The monoisotopic (exact) mass is 324 g/mol. The Morgan fingerprint density at radius 1 is 0.667 bits per heavy atom. The van der Waals surface area contributed by atoms with Crippen LogP contribution in [0.15, 0.2) is 0 Å². The molecule has 0 aromatic carbocycles. The Morgan fingerprint density at radius 2 is 1.10 bits per heavy atom. The van der Waals surface area contributed by atoms with Crippen molar-refractivity contribution in [3.8, 4) is 0 Å². The number of rotatable bonds is 3. The minimum absolute atomic E-state index is 0.401. The Labute approximate surface area is 134 Å². The molecule has 4 saturated heterocycles. The average molecular weight is 324 g/mol. The molecule has 0 saturated carbocycles. The highest BCUT2D eigenvalue weighted by Gasteiger charge is 2.43. The normalized spacial score (nSPS) is 47.9. The lowest BCUT2D eigenvalue weighted by molar-refractivity contribution is 0.556. The maximum atomic E-state index is 2.70. The van der Waals surface area contributed by atoms with E-state index >= 15 is 0 Å². The molecule has 4 rings (SSSR count). The summed E-state index contributed by atoms with van der Waals surface area (Å²) < 4.78 is 0. The summed E-state index contributed by atoms with van der Waals surface area (Å²) in [5, 5.41) is 0. The van der Waals surface area contributed by atoms with Crippen LogP contribution in [-0.2, 0) is 0 Å². The highest BCUT2D eigenvalue weighted by atomic mass is 31.1. The molecule has 0 N–H and O–H groups in total. The highest BCUT2D eigenvalue weighted by molar-refractivity contribution is 7.64. The first-order chi connectivity index (χ1) is 10.3. The Balaban J connectivity index is 1.44. The van der Waals surface area contributed by atoms with Crippen LogP contribution in [-0.4, -0.2) is 34.5 Å². The minimum Gasteiger partial charge on any atom is -0.0997 e. The van der Waals surface area contributed by atoms with E-state index < -0.39 is 0 Å². The molecule has 0 radical (unpaired) electrons. The highest BCUT2D eigenvalue weighted by Crippen LogP contribution is 2.68. The Bertz CT molecular complexity index is 327. The second kappa shape index (κ2) is 6.77. The van der Waals surface area contributed by atoms with Crippen LogP contribution in [0.1, 0.15) is 84.0 Å². The van der Waals surface area contributed by atoms with E-state index in [0.29, 0.717) is 15.8 Å². The van der Waals surface area contributed by atoms with Gasteiger partial charge in [-0.3, -0.25) is 0 Å². The largest absolute Gasteiger partial charge is 0.0997 e. The first-order valence-electron chi connectivity index (χ1n) is 9.86. The van der Waals surface area contributed by atoms with Crippen LogP contribution in [0.4, 0.5) is 0 Å². The molecule has 4 fully saturated rings. The lowest BCUT2D eigenvalue weighted by Crippen LogP contribution is -2.18. The van der Waals surface area contributed by atoms with Gasteiger partial charge in [-0.1, -0.05) is 48.5 Å². The summed E-state index contributed by atoms with van der Waals surface area (Å²) in [6.45, 7) is 2.70. The van der Waals surface area contributed by atoms with Gasteiger partial charge in [-0.2, -0.15) is 0 Å². The van der Waals surface area contributed by atoms with Crippen LogP contribution in [0.5, 0.6) is 0 Å². The van der Waals surface area contributed by atoms with Crippen molar-refractivity contribution in [2.75, 3.05) is 6.16 Å². The molecular weight excluding hydrogens is 290 g/mol. The lowest BCUT2D eigenvalue weighted by atomic mass is 10.0. The summed E-state index contributed by atoms with van der Waals surface area (Å²) >= 11 is 0. The molecule has 4 heterocycles. The van der Waals surface area contributed by atoms with Crippen LogP contribution in [0, 0.1) is 0 Å². The van der Waals surface area contributed by atoms with Crippen molar-refractivity contribution in [1.29, 1.82) is 0 Å². The summed E-state index contributed by atoms with van der Waals surface area (Å²) in [5.41, 5.74) is 5.93. The second-order valence-electron chi connectivity index (χ2n) is 8.33. The van der Waals surface area contributed by atoms with Gasteiger partial charge in [-0.15, -0.1) is 0 Å². The fourth-order valence-corrected chi connectivity index (χ4v) is 15.1. The maximum Gasteiger partial charge on any atom is -0.0193 e. The molecule has 5 atom stereocenters. The van der Waals surface area contributed by atoms with Gasteiger partial charge in [0.2, 0.25) is 0 Å². The molecule has 0 aromatic heterocycles. The Morgan fingerprint density at radius 3 is 1.62 bits per heavy atom. The van der Waals surface area contributed by atoms with Crippen LogP contribution in [0.3, 0.4) is 0 Å². The van der Waals surface area contributed by atoms with Crippen LogP contribution >= 0.6 is 15.8 Å². The van der Waals surface area contributed by atoms with Crippen molar-refractivity contribution in [2.45, 2.75) is 112 Å². The predicted molar refractivity (Wildman–Crippen MR) is 98.7 cm³/mol. The molecule has 4 aliphatic rings. The van der Waals surface area contributed by atoms with Crippen molar-refractivity contribution >= 4 is 15.8 Å². The summed E-state index contributed by atoms with van der Waals surface area (Å²) in [6, 6.07) is 0. The topological polar surface area (TPSA) is 0 Å². The quantitative estimate of drug-likeness (QED) is 0.516. The van der Waals surface area contributed by atoms with Crippen molar-refractivity contribution in [2.24, 2.45) is 0 Å². The first kappa shape index (κ1) is 15.4. The average Bonchev–Trinajstić information content (AvgIpc) is 2.84. The SMILES string of the molecule is CC(CP1C2CCCCC1CC2)P1C2CCCCC1CC2. The Kier molecular flexibility index (Phi) is 4.96. The molecule has 21 heavy (non-hydrogen) atoms. The van der Waals surface area contributed by atoms with E-state index in [2.05, 4.69) is 6.92 Å². The molecule has 4 aliphatic heterocycles. The van der Waals surface area contributed by atoms with Gasteiger partial charge in [0, 0.05) is 0 Å². The van der Waals surface area contributed by atoms with Crippen molar-refractivity contribution in [3.05, 3.63) is 0 Å².